The van der Waals surface area contributed by atoms with Crippen molar-refractivity contribution in [3.8, 4) is 17.2 Å². The largest absolute Gasteiger partial charge is 0.494 e. The van der Waals surface area contributed by atoms with E-state index < -0.39 is 0 Å². The first-order chi connectivity index (χ1) is 11.7. The maximum Gasteiger partial charge on any atom is 0.228 e. The van der Waals surface area contributed by atoms with Gasteiger partial charge in [-0.3, -0.25) is 4.79 Å². The van der Waals surface area contributed by atoms with Crippen molar-refractivity contribution in [3.05, 3.63) is 48.0 Å². The Morgan fingerprint density at radius 3 is 2.58 bits per heavy atom. The Morgan fingerprint density at radius 1 is 1.08 bits per heavy atom. The Bertz CT molecular complexity index is 697. The van der Waals surface area contributed by atoms with Gasteiger partial charge in [0.25, 0.3) is 0 Å². The van der Waals surface area contributed by atoms with Crippen molar-refractivity contribution in [1.29, 1.82) is 0 Å². The quantitative estimate of drug-likeness (QED) is 0.914. The minimum Gasteiger partial charge on any atom is -0.494 e. The highest BCUT2D eigenvalue weighted by molar-refractivity contribution is 5.92. The highest BCUT2D eigenvalue weighted by Crippen LogP contribution is 2.30. The molecule has 0 saturated heterocycles. The molecule has 1 aliphatic rings. The molecule has 126 valence electrons. The van der Waals surface area contributed by atoms with Crippen LogP contribution in [0.25, 0.3) is 0 Å². The van der Waals surface area contributed by atoms with Crippen molar-refractivity contribution in [2.75, 3.05) is 25.1 Å². The number of hydrogen-bond donors (Lipinski definition) is 1. The van der Waals surface area contributed by atoms with Crippen LogP contribution < -0.4 is 19.5 Å². The fourth-order valence-electron chi connectivity index (χ4n) is 2.51. The number of amides is 1. The Kier molecular flexibility index (Phi) is 5.21. The lowest BCUT2D eigenvalue weighted by atomic mass is 10.1. The van der Waals surface area contributed by atoms with Crippen molar-refractivity contribution in [2.24, 2.45) is 0 Å². The molecule has 0 atom stereocenters. The molecule has 5 heteroatoms. The zero-order valence-electron chi connectivity index (χ0n) is 13.7. The average Bonchev–Trinajstić information content (AvgIpc) is 2.82. The summed E-state index contributed by atoms with van der Waals surface area (Å²) >= 11 is 0. The number of carbonyl (C=O) groups excluding carboxylic acids is 1. The standard InChI is InChI=1S/C19H21NO4/c1-2-22-16-7-5-15(6-8-16)20-19(21)13-14-4-9-17-18(12-14)24-11-3-10-23-17/h4-9,12H,2-3,10-11,13H2,1H3,(H,20,21). The molecule has 0 radical (unpaired) electrons. The third kappa shape index (κ3) is 4.19. The van der Waals surface area contributed by atoms with Gasteiger partial charge in [0.05, 0.1) is 26.2 Å². The van der Waals surface area contributed by atoms with Crippen LogP contribution >= 0.6 is 0 Å². The van der Waals surface area contributed by atoms with Crippen LogP contribution in [0.5, 0.6) is 17.2 Å². The van der Waals surface area contributed by atoms with E-state index in [2.05, 4.69) is 5.32 Å². The molecule has 3 rings (SSSR count). The van der Waals surface area contributed by atoms with Gasteiger partial charge in [0.1, 0.15) is 5.75 Å². The van der Waals surface area contributed by atoms with E-state index in [-0.39, 0.29) is 12.3 Å². The van der Waals surface area contributed by atoms with Gasteiger partial charge in [-0.1, -0.05) is 6.07 Å². The minimum atomic E-state index is -0.0753. The number of carbonyl (C=O) groups is 1. The summed E-state index contributed by atoms with van der Waals surface area (Å²) in [5.74, 6) is 2.16. The molecule has 0 unspecified atom stereocenters. The molecule has 5 nitrogen and oxygen atoms in total. The zero-order valence-corrected chi connectivity index (χ0v) is 13.7. The summed E-state index contributed by atoms with van der Waals surface area (Å²) in [6.45, 7) is 3.85. The summed E-state index contributed by atoms with van der Waals surface area (Å²) in [7, 11) is 0. The fourth-order valence-corrected chi connectivity index (χ4v) is 2.51. The summed E-state index contributed by atoms with van der Waals surface area (Å²) < 4.78 is 16.6. The van der Waals surface area contributed by atoms with E-state index >= 15 is 0 Å². The van der Waals surface area contributed by atoms with E-state index in [0.29, 0.717) is 25.6 Å². The van der Waals surface area contributed by atoms with Crippen LogP contribution in [0.3, 0.4) is 0 Å². The number of nitrogens with one attached hydrogen (secondary N) is 1. The maximum atomic E-state index is 12.2. The van der Waals surface area contributed by atoms with Crippen molar-refractivity contribution in [1.82, 2.24) is 0 Å². The molecule has 1 heterocycles. The lowest BCUT2D eigenvalue weighted by molar-refractivity contribution is -0.115. The van der Waals surface area contributed by atoms with E-state index in [1.54, 1.807) is 0 Å². The first-order valence-corrected chi connectivity index (χ1v) is 8.16. The molecule has 1 aliphatic heterocycles. The minimum absolute atomic E-state index is 0.0753. The number of fused-ring (bicyclic) bond motifs is 1. The first kappa shape index (κ1) is 16.2. The Morgan fingerprint density at radius 2 is 1.83 bits per heavy atom. The predicted molar refractivity (Wildman–Crippen MR) is 92.0 cm³/mol. The number of ether oxygens (including phenoxy) is 3. The Hall–Kier alpha value is -2.69. The molecule has 0 saturated carbocycles. The monoisotopic (exact) mass is 327 g/mol. The number of rotatable bonds is 5. The lowest BCUT2D eigenvalue weighted by Gasteiger charge is -2.10. The highest BCUT2D eigenvalue weighted by Gasteiger charge is 2.12. The van der Waals surface area contributed by atoms with Crippen LogP contribution in [0.4, 0.5) is 5.69 Å². The molecular formula is C19H21NO4. The lowest BCUT2D eigenvalue weighted by Crippen LogP contribution is -2.14. The van der Waals surface area contributed by atoms with Gasteiger partial charge in [0, 0.05) is 12.1 Å². The summed E-state index contributed by atoms with van der Waals surface area (Å²) in [5, 5.41) is 2.89. The molecule has 0 bridgehead atoms. The van der Waals surface area contributed by atoms with Gasteiger partial charge < -0.3 is 19.5 Å². The molecule has 0 spiro atoms. The number of hydrogen-bond acceptors (Lipinski definition) is 4. The van der Waals surface area contributed by atoms with Crippen LogP contribution in [0.2, 0.25) is 0 Å². The summed E-state index contributed by atoms with van der Waals surface area (Å²) in [6.07, 6.45) is 1.14. The van der Waals surface area contributed by atoms with E-state index in [4.69, 9.17) is 14.2 Å². The van der Waals surface area contributed by atoms with E-state index in [1.165, 1.54) is 0 Å². The van der Waals surface area contributed by atoms with E-state index in [0.717, 1.165) is 29.2 Å². The predicted octanol–water partition coefficient (Wildman–Crippen LogP) is 3.43. The van der Waals surface area contributed by atoms with Gasteiger partial charge >= 0.3 is 0 Å². The molecule has 0 aliphatic carbocycles. The Balaban J connectivity index is 1.61. The topological polar surface area (TPSA) is 56.8 Å². The molecule has 2 aromatic carbocycles. The van der Waals surface area contributed by atoms with Gasteiger partial charge in [-0.05, 0) is 48.9 Å². The maximum absolute atomic E-state index is 12.2. The number of benzene rings is 2. The summed E-state index contributed by atoms with van der Waals surface area (Å²) in [5.41, 5.74) is 1.64. The second-order valence-electron chi connectivity index (χ2n) is 5.51. The molecule has 1 N–H and O–H groups in total. The van der Waals surface area contributed by atoms with Gasteiger partial charge in [-0.25, -0.2) is 0 Å². The van der Waals surface area contributed by atoms with Crippen LogP contribution in [0.1, 0.15) is 18.9 Å². The van der Waals surface area contributed by atoms with Gasteiger partial charge in [-0.2, -0.15) is 0 Å². The normalized spacial score (nSPS) is 13.0. The average molecular weight is 327 g/mol. The second-order valence-corrected chi connectivity index (χ2v) is 5.51. The fraction of sp³-hybridized carbons (Fsp3) is 0.316. The van der Waals surface area contributed by atoms with E-state index in [9.17, 15) is 4.79 Å². The van der Waals surface area contributed by atoms with E-state index in [1.807, 2.05) is 49.4 Å². The zero-order chi connectivity index (χ0) is 16.8. The third-order valence-electron chi connectivity index (χ3n) is 3.63. The summed E-state index contributed by atoms with van der Waals surface area (Å²) in [6, 6.07) is 13.0. The molecule has 2 aromatic rings. The molecule has 1 amide bonds. The molecular weight excluding hydrogens is 306 g/mol. The SMILES string of the molecule is CCOc1ccc(NC(=O)Cc2ccc3c(c2)OCCCO3)cc1. The van der Waals surface area contributed by atoms with Crippen LogP contribution in [-0.2, 0) is 11.2 Å². The van der Waals surface area contributed by atoms with Crippen molar-refractivity contribution >= 4 is 11.6 Å². The summed E-state index contributed by atoms with van der Waals surface area (Å²) in [4.78, 5) is 12.2. The van der Waals surface area contributed by atoms with Crippen LogP contribution in [0.15, 0.2) is 42.5 Å². The van der Waals surface area contributed by atoms with Crippen LogP contribution in [-0.4, -0.2) is 25.7 Å². The first-order valence-electron chi connectivity index (χ1n) is 8.16. The van der Waals surface area contributed by atoms with Gasteiger partial charge in [0.2, 0.25) is 5.91 Å². The molecule has 0 aromatic heterocycles. The van der Waals surface area contributed by atoms with Gasteiger partial charge in [0.15, 0.2) is 11.5 Å². The number of anilines is 1. The van der Waals surface area contributed by atoms with Crippen molar-refractivity contribution < 1.29 is 19.0 Å². The van der Waals surface area contributed by atoms with Crippen molar-refractivity contribution in [3.63, 3.8) is 0 Å². The van der Waals surface area contributed by atoms with Crippen LogP contribution in [0, 0.1) is 0 Å². The smallest absolute Gasteiger partial charge is 0.228 e. The molecule has 24 heavy (non-hydrogen) atoms. The van der Waals surface area contributed by atoms with Gasteiger partial charge in [-0.15, -0.1) is 0 Å². The third-order valence-corrected chi connectivity index (χ3v) is 3.63. The molecule has 0 fully saturated rings. The highest BCUT2D eigenvalue weighted by atomic mass is 16.5. The van der Waals surface area contributed by atoms with Crippen molar-refractivity contribution in [2.45, 2.75) is 19.8 Å². The Labute approximate surface area is 141 Å². The second kappa shape index (κ2) is 7.73.